The molecule has 168 valence electrons. The number of nitrogens with zero attached hydrogens (tertiary/aromatic N) is 1. The van der Waals surface area contributed by atoms with Crippen molar-refractivity contribution in [2.75, 3.05) is 26.2 Å². The summed E-state index contributed by atoms with van der Waals surface area (Å²) in [5.41, 5.74) is 5.59. The Kier molecular flexibility index (Phi) is 7.81. The molecule has 4 rings (SSSR count). The quantitative estimate of drug-likeness (QED) is 0.483. The highest BCUT2D eigenvalue weighted by Gasteiger charge is 2.13. The van der Waals surface area contributed by atoms with Gasteiger partial charge in [-0.05, 0) is 66.7 Å². The normalized spacial score (nSPS) is 13.9. The van der Waals surface area contributed by atoms with Gasteiger partial charge in [0.1, 0.15) is 24.7 Å². The van der Waals surface area contributed by atoms with E-state index in [9.17, 15) is 5.11 Å². The molecule has 0 bridgehead atoms. The highest BCUT2D eigenvalue weighted by Crippen LogP contribution is 2.28. The number of rotatable bonds is 10. The predicted molar refractivity (Wildman–Crippen MR) is 128 cm³/mol. The number of aryl methyl sites for hydroxylation is 1. The zero-order chi connectivity index (χ0) is 22.2. The van der Waals surface area contributed by atoms with Crippen LogP contribution in [0.3, 0.4) is 0 Å². The number of benzene rings is 3. The van der Waals surface area contributed by atoms with Crippen molar-refractivity contribution in [1.29, 1.82) is 0 Å². The van der Waals surface area contributed by atoms with Gasteiger partial charge in [0.25, 0.3) is 0 Å². The smallest absolute Gasteiger partial charge is 0.126 e. The second kappa shape index (κ2) is 11.2. The molecule has 3 aromatic carbocycles. The van der Waals surface area contributed by atoms with E-state index >= 15 is 0 Å². The van der Waals surface area contributed by atoms with E-state index in [2.05, 4.69) is 35.2 Å². The Morgan fingerprint density at radius 1 is 0.844 bits per heavy atom. The molecule has 0 aliphatic carbocycles. The van der Waals surface area contributed by atoms with Gasteiger partial charge < -0.3 is 14.6 Å². The maximum Gasteiger partial charge on any atom is 0.126 e. The van der Waals surface area contributed by atoms with Crippen LogP contribution in [-0.2, 0) is 19.6 Å². The lowest BCUT2D eigenvalue weighted by Crippen LogP contribution is -2.25. The van der Waals surface area contributed by atoms with Crippen LogP contribution in [-0.4, -0.2) is 36.2 Å². The van der Waals surface area contributed by atoms with Crippen LogP contribution < -0.4 is 9.47 Å². The Balaban J connectivity index is 1.48. The Morgan fingerprint density at radius 2 is 1.62 bits per heavy atom. The van der Waals surface area contributed by atoms with E-state index in [-0.39, 0.29) is 6.61 Å². The lowest BCUT2D eigenvalue weighted by Gasteiger charge is -2.18. The summed E-state index contributed by atoms with van der Waals surface area (Å²) in [4.78, 5) is 2.46. The fraction of sp³-hybridized carbons (Fsp3) is 0.357. The van der Waals surface area contributed by atoms with Gasteiger partial charge in [-0.3, -0.25) is 4.90 Å². The summed E-state index contributed by atoms with van der Waals surface area (Å²) >= 11 is 0. The van der Waals surface area contributed by atoms with Crippen LogP contribution in [0, 0.1) is 6.92 Å². The molecule has 1 saturated heterocycles. The third-order valence-electron chi connectivity index (χ3n) is 6.12. The van der Waals surface area contributed by atoms with Crippen molar-refractivity contribution in [3.63, 3.8) is 0 Å². The Bertz CT molecular complexity index is 997. The molecular formula is C28H33NO3. The van der Waals surface area contributed by atoms with Crippen molar-refractivity contribution in [3.8, 4) is 11.5 Å². The van der Waals surface area contributed by atoms with Gasteiger partial charge in [-0.25, -0.2) is 0 Å². The lowest BCUT2D eigenvalue weighted by molar-refractivity contribution is 0.235. The molecule has 1 aliphatic rings. The van der Waals surface area contributed by atoms with Gasteiger partial charge in [-0.2, -0.15) is 0 Å². The van der Waals surface area contributed by atoms with Crippen LogP contribution in [0.15, 0.2) is 66.7 Å². The molecule has 1 heterocycles. The highest BCUT2D eigenvalue weighted by atomic mass is 16.5. The topological polar surface area (TPSA) is 41.9 Å². The van der Waals surface area contributed by atoms with Crippen LogP contribution in [0.2, 0.25) is 0 Å². The Labute approximate surface area is 191 Å². The average Bonchev–Trinajstić information content (AvgIpc) is 3.33. The van der Waals surface area contributed by atoms with E-state index in [1.807, 2.05) is 43.3 Å². The summed E-state index contributed by atoms with van der Waals surface area (Å²) in [5, 5.41) is 9.46. The molecule has 0 saturated carbocycles. The monoisotopic (exact) mass is 431 g/mol. The summed E-state index contributed by atoms with van der Waals surface area (Å²) in [6.07, 6.45) is 3.36. The van der Waals surface area contributed by atoms with Crippen molar-refractivity contribution >= 4 is 0 Å². The number of ether oxygens (including phenoxy) is 2. The first-order valence-electron chi connectivity index (χ1n) is 11.6. The molecule has 1 N–H and O–H groups in total. The van der Waals surface area contributed by atoms with Crippen molar-refractivity contribution in [2.24, 2.45) is 0 Å². The van der Waals surface area contributed by atoms with Gasteiger partial charge in [0.15, 0.2) is 0 Å². The second-order valence-corrected chi connectivity index (χ2v) is 8.54. The fourth-order valence-electron chi connectivity index (χ4n) is 4.20. The van der Waals surface area contributed by atoms with E-state index < -0.39 is 0 Å². The summed E-state index contributed by atoms with van der Waals surface area (Å²) in [6.45, 7) is 6.64. The number of likely N-dealkylation sites (tertiary alicyclic amines) is 1. The van der Waals surface area contributed by atoms with Crippen LogP contribution in [0.5, 0.6) is 11.5 Å². The number of aliphatic hydroxyl groups excluding tert-OH is 1. The number of aliphatic hydroxyl groups is 1. The molecule has 1 aliphatic heterocycles. The first-order chi connectivity index (χ1) is 15.7. The van der Waals surface area contributed by atoms with Gasteiger partial charge in [0.05, 0.1) is 6.61 Å². The molecule has 4 nitrogen and oxygen atoms in total. The molecule has 0 spiro atoms. The van der Waals surface area contributed by atoms with Crippen LogP contribution in [0.25, 0.3) is 0 Å². The Morgan fingerprint density at radius 3 is 2.38 bits per heavy atom. The zero-order valence-electron chi connectivity index (χ0n) is 18.9. The minimum absolute atomic E-state index is 0.0738. The molecule has 0 amide bonds. The summed E-state index contributed by atoms with van der Waals surface area (Å²) in [6, 6.07) is 22.6. The molecule has 0 aromatic heterocycles. The zero-order valence-corrected chi connectivity index (χ0v) is 18.9. The maximum atomic E-state index is 9.46. The third-order valence-corrected chi connectivity index (χ3v) is 6.12. The third kappa shape index (κ3) is 6.12. The van der Waals surface area contributed by atoms with Gasteiger partial charge in [0, 0.05) is 19.0 Å². The first-order valence-corrected chi connectivity index (χ1v) is 11.6. The summed E-state index contributed by atoms with van der Waals surface area (Å²) in [5.74, 6) is 1.71. The van der Waals surface area contributed by atoms with E-state index in [4.69, 9.17) is 9.47 Å². The minimum Gasteiger partial charge on any atom is -0.492 e. The molecule has 32 heavy (non-hydrogen) atoms. The highest BCUT2D eigenvalue weighted by molar-refractivity contribution is 5.44. The van der Waals surface area contributed by atoms with Gasteiger partial charge in [-0.15, -0.1) is 0 Å². The molecule has 1 fully saturated rings. The van der Waals surface area contributed by atoms with E-state index in [1.165, 1.54) is 31.5 Å². The SMILES string of the molecule is Cc1cc(Cc2ccc(OCc3ccccc3)cc2OCCN2CCCC2)ccc1CO. The van der Waals surface area contributed by atoms with E-state index in [0.717, 1.165) is 46.7 Å². The van der Waals surface area contributed by atoms with Crippen molar-refractivity contribution in [1.82, 2.24) is 4.90 Å². The number of hydrogen-bond acceptors (Lipinski definition) is 4. The van der Waals surface area contributed by atoms with E-state index in [0.29, 0.717) is 13.2 Å². The van der Waals surface area contributed by atoms with Crippen molar-refractivity contribution in [2.45, 2.75) is 39.4 Å². The van der Waals surface area contributed by atoms with Gasteiger partial charge >= 0.3 is 0 Å². The molecule has 3 aromatic rings. The lowest BCUT2D eigenvalue weighted by atomic mass is 9.99. The fourth-order valence-corrected chi connectivity index (χ4v) is 4.20. The average molecular weight is 432 g/mol. The van der Waals surface area contributed by atoms with Crippen molar-refractivity contribution < 1.29 is 14.6 Å². The molecular weight excluding hydrogens is 398 g/mol. The molecule has 0 radical (unpaired) electrons. The summed E-state index contributed by atoms with van der Waals surface area (Å²) < 4.78 is 12.3. The Hall–Kier alpha value is -2.82. The second-order valence-electron chi connectivity index (χ2n) is 8.54. The number of hydrogen-bond donors (Lipinski definition) is 1. The minimum atomic E-state index is 0.0738. The first kappa shape index (κ1) is 22.4. The van der Waals surface area contributed by atoms with Gasteiger partial charge in [0.2, 0.25) is 0 Å². The molecule has 0 unspecified atom stereocenters. The van der Waals surface area contributed by atoms with Crippen LogP contribution in [0.4, 0.5) is 0 Å². The summed E-state index contributed by atoms with van der Waals surface area (Å²) in [7, 11) is 0. The molecule has 0 atom stereocenters. The molecule has 4 heteroatoms. The maximum absolute atomic E-state index is 9.46. The standard InChI is InChI=1S/C28H33NO3/c1-22-17-24(9-10-26(22)20-30)18-25-11-12-27(32-21-23-7-3-2-4-8-23)19-28(25)31-16-15-29-13-5-6-14-29/h2-4,7-12,17,19,30H,5-6,13-16,18,20-21H2,1H3. The van der Waals surface area contributed by atoms with E-state index in [1.54, 1.807) is 0 Å². The largest absolute Gasteiger partial charge is 0.492 e. The van der Waals surface area contributed by atoms with Crippen molar-refractivity contribution in [3.05, 3.63) is 94.5 Å². The predicted octanol–water partition coefficient (Wildman–Crippen LogP) is 5.13. The van der Waals surface area contributed by atoms with Crippen LogP contribution >= 0.6 is 0 Å². The van der Waals surface area contributed by atoms with Gasteiger partial charge in [-0.1, -0.05) is 54.6 Å². The van der Waals surface area contributed by atoms with Crippen LogP contribution in [0.1, 0.15) is 40.7 Å².